The fourth-order valence-corrected chi connectivity index (χ4v) is 5.10. The molecule has 1 saturated heterocycles. The largest absolute Gasteiger partial charge is 0.289 e. The van der Waals surface area contributed by atoms with Gasteiger partial charge in [-0.3, -0.25) is 4.79 Å². The maximum Gasteiger partial charge on any atom is 0.212 e. The molecule has 1 fully saturated rings. The Balaban J connectivity index is 1.98. The minimum Gasteiger partial charge on any atom is -0.289 e. The molecule has 0 radical (unpaired) electrons. The second kappa shape index (κ2) is 5.38. The third-order valence-corrected chi connectivity index (χ3v) is 6.27. The van der Waals surface area contributed by atoms with Crippen molar-refractivity contribution in [3.8, 4) is 0 Å². The average molecular weight is 271 g/mol. The highest BCUT2D eigenvalue weighted by Gasteiger charge is 2.28. The SMILES string of the molecule is Cc1ccc2ccccc2c1C(=O)C[S+]1CCCC1. The number of aryl methyl sites for hydroxylation is 1. The van der Waals surface area contributed by atoms with E-state index in [2.05, 4.69) is 31.2 Å². The van der Waals surface area contributed by atoms with Crippen LogP contribution < -0.4 is 0 Å². The van der Waals surface area contributed by atoms with E-state index in [1.54, 1.807) is 0 Å². The van der Waals surface area contributed by atoms with Gasteiger partial charge in [-0.25, -0.2) is 0 Å². The van der Waals surface area contributed by atoms with E-state index in [1.165, 1.54) is 29.7 Å². The fourth-order valence-electron chi connectivity index (χ4n) is 2.87. The summed E-state index contributed by atoms with van der Waals surface area (Å²) >= 11 is 0. The van der Waals surface area contributed by atoms with E-state index in [9.17, 15) is 4.79 Å². The molecule has 98 valence electrons. The zero-order valence-corrected chi connectivity index (χ0v) is 12.1. The summed E-state index contributed by atoms with van der Waals surface area (Å²) < 4.78 is 0. The van der Waals surface area contributed by atoms with E-state index in [4.69, 9.17) is 0 Å². The Morgan fingerprint density at radius 1 is 1.11 bits per heavy atom. The highest BCUT2D eigenvalue weighted by Crippen LogP contribution is 2.24. The molecule has 1 nitrogen and oxygen atoms in total. The standard InChI is InChI=1S/C17H19OS/c1-13-8-9-14-6-2-3-7-15(14)17(13)16(18)12-19-10-4-5-11-19/h2-3,6-9H,4-5,10-12H2,1H3/q+1. The number of rotatable bonds is 3. The topological polar surface area (TPSA) is 17.1 Å². The van der Waals surface area contributed by atoms with Gasteiger partial charge in [-0.15, -0.1) is 0 Å². The lowest BCUT2D eigenvalue weighted by Crippen LogP contribution is -2.19. The average Bonchev–Trinajstić information content (AvgIpc) is 2.91. The maximum absolute atomic E-state index is 12.6. The summed E-state index contributed by atoms with van der Waals surface area (Å²) in [5, 5.41) is 2.29. The Morgan fingerprint density at radius 3 is 2.63 bits per heavy atom. The molecule has 1 aliphatic heterocycles. The van der Waals surface area contributed by atoms with Gasteiger partial charge >= 0.3 is 0 Å². The van der Waals surface area contributed by atoms with Gasteiger partial charge in [0.25, 0.3) is 0 Å². The normalized spacial score (nSPS) is 16.1. The smallest absolute Gasteiger partial charge is 0.212 e. The van der Waals surface area contributed by atoms with Crippen molar-refractivity contribution in [3.05, 3.63) is 47.5 Å². The molecular weight excluding hydrogens is 252 g/mol. The molecule has 1 heterocycles. The molecule has 1 aliphatic rings. The van der Waals surface area contributed by atoms with Crippen molar-refractivity contribution in [2.75, 3.05) is 17.3 Å². The Kier molecular flexibility index (Phi) is 3.61. The lowest BCUT2D eigenvalue weighted by atomic mass is 9.97. The number of hydrogen-bond donors (Lipinski definition) is 0. The minimum absolute atomic E-state index is 0.341. The van der Waals surface area contributed by atoms with Crippen molar-refractivity contribution in [1.29, 1.82) is 0 Å². The van der Waals surface area contributed by atoms with Crippen molar-refractivity contribution in [1.82, 2.24) is 0 Å². The highest BCUT2D eigenvalue weighted by molar-refractivity contribution is 7.97. The minimum atomic E-state index is 0.341. The van der Waals surface area contributed by atoms with E-state index in [1.807, 2.05) is 12.1 Å². The Bertz CT molecular complexity index is 612. The van der Waals surface area contributed by atoms with Crippen LogP contribution in [0.4, 0.5) is 0 Å². The molecule has 2 heteroatoms. The molecule has 0 aliphatic carbocycles. The van der Waals surface area contributed by atoms with Crippen LogP contribution in [0.25, 0.3) is 10.8 Å². The second-order valence-corrected chi connectivity index (χ2v) is 7.60. The van der Waals surface area contributed by atoms with Crippen LogP contribution in [0.5, 0.6) is 0 Å². The molecular formula is C17H19OS+. The first-order chi connectivity index (χ1) is 9.25. The maximum atomic E-state index is 12.6. The number of benzene rings is 2. The Hall–Kier alpha value is -1.28. The molecule has 0 atom stereocenters. The van der Waals surface area contributed by atoms with Crippen molar-refractivity contribution < 1.29 is 4.79 Å². The van der Waals surface area contributed by atoms with Gasteiger partial charge in [0.05, 0.1) is 0 Å². The summed E-state index contributed by atoms with van der Waals surface area (Å²) in [6, 6.07) is 12.4. The molecule has 3 rings (SSSR count). The van der Waals surface area contributed by atoms with Gasteiger partial charge in [0.2, 0.25) is 5.78 Å². The van der Waals surface area contributed by atoms with E-state index in [0.717, 1.165) is 22.3 Å². The number of carbonyl (C=O) groups excluding carboxylic acids is 1. The molecule has 0 bridgehead atoms. The third kappa shape index (κ3) is 2.55. The number of ketones is 1. The summed E-state index contributed by atoms with van der Waals surface area (Å²) in [7, 11) is 0.341. The van der Waals surface area contributed by atoms with Crippen LogP contribution in [-0.2, 0) is 10.9 Å². The van der Waals surface area contributed by atoms with Gasteiger partial charge < -0.3 is 0 Å². The van der Waals surface area contributed by atoms with E-state index >= 15 is 0 Å². The molecule has 0 N–H and O–H groups in total. The Morgan fingerprint density at radius 2 is 1.84 bits per heavy atom. The molecule has 2 aromatic rings. The lowest BCUT2D eigenvalue weighted by Gasteiger charge is -2.09. The molecule has 0 saturated carbocycles. The van der Waals surface area contributed by atoms with Crippen molar-refractivity contribution in [2.45, 2.75) is 19.8 Å². The van der Waals surface area contributed by atoms with Crippen LogP contribution in [0.3, 0.4) is 0 Å². The van der Waals surface area contributed by atoms with Crippen LogP contribution in [-0.4, -0.2) is 23.0 Å². The first-order valence-corrected chi connectivity index (χ1v) is 8.64. The van der Waals surface area contributed by atoms with E-state index in [0.29, 0.717) is 16.7 Å². The quantitative estimate of drug-likeness (QED) is 0.614. The molecule has 0 amide bonds. The van der Waals surface area contributed by atoms with Crippen LogP contribution in [0.15, 0.2) is 36.4 Å². The molecule has 0 aromatic heterocycles. The second-order valence-electron chi connectivity index (χ2n) is 5.27. The highest BCUT2D eigenvalue weighted by atomic mass is 32.2. The van der Waals surface area contributed by atoms with Gasteiger partial charge in [-0.05, 0) is 47.0 Å². The summed E-state index contributed by atoms with van der Waals surface area (Å²) in [5.74, 6) is 3.62. The Labute approximate surface area is 117 Å². The first-order valence-electron chi connectivity index (χ1n) is 6.91. The zero-order valence-electron chi connectivity index (χ0n) is 11.3. The number of carbonyl (C=O) groups is 1. The molecule has 0 spiro atoms. The molecule has 0 unspecified atom stereocenters. The molecule has 19 heavy (non-hydrogen) atoms. The van der Waals surface area contributed by atoms with Gasteiger partial charge in [0, 0.05) is 5.56 Å². The number of hydrogen-bond acceptors (Lipinski definition) is 1. The van der Waals surface area contributed by atoms with Gasteiger partial charge in [-0.2, -0.15) is 0 Å². The van der Waals surface area contributed by atoms with Gasteiger partial charge in [-0.1, -0.05) is 36.4 Å². The summed E-state index contributed by atoms with van der Waals surface area (Å²) in [6.07, 6.45) is 2.62. The van der Waals surface area contributed by atoms with Crippen molar-refractivity contribution >= 4 is 27.5 Å². The van der Waals surface area contributed by atoms with E-state index in [-0.39, 0.29) is 0 Å². The zero-order chi connectivity index (χ0) is 13.2. The van der Waals surface area contributed by atoms with Gasteiger partial charge in [0.15, 0.2) is 5.75 Å². The summed E-state index contributed by atoms with van der Waals surface area (Å²) in [6.45, 7) is 2.05. The van der Waals surface area contributed by atoms with Crippen molar-refractivity contribution in [2.24, 2.45) is 0 Å². The van der Waals surface area contributed by atoms with Crippen LogP contribution >= 0.6 is 0 Å². The van der Waals surface area contributed by atoms with Crippen LogP contribution in [0.1, 0.15) is 28.8 Å². The van der Waals surface area contributed by atoms with E-state index < -0.39 is 0 Å². The summed E-state index contributed by atoms with van der Waals surface area (Å²) in [4.78, 5) is 12.6. The predicted molar refractivity (Wildman–Crippen MR) is 84.2 cm³/mol. The number of Topliss-reactive ketones (excluding diaryl/α,β-unsaturated/α-hetero) is 1. The van der Waals surface area contributed by atoms with Crippen LogP contribution in [0.2, 0.25) is 0 Å². The monoisotopic (exact) mass is 271 g/mol. The summed E-state index contributed by atoms with van der Waals surface area (Å²) in [5.41, 5.74) is 2.07. The lowest BCUT2D eigenvalue weighted by molar-refractivity contribution is 0.102. The van der Waals surface area contributed by atoms with Crippen molar-refractivity contribution in [3.63, 3.8) is 0 Å². The fraction of sp³-hybridized carbons (Fsp3) is 0.353. The van der Waals surface area contributed by atoms with Crippen LogP contribution in [0, 0.1) is 6.92 Å². The molecule has 2 aromatic carbocycles. The number of fused-ring (bicyclic) bond motifs is 1. The first kappa shape index (κ1) is 12.7. The predicted octanol–water partition coefficient (Wildman–Crippen LogP) is 3.74. The third-order valence-electron chi connectivity index (χ3n) is 3.87. The van der Waals surface area contributed by atoms with Gasteiger partial charge in [0.1, 0.15) is 11.5 Å².